The van der Waals surface area contributed by atoms with Crippen LogP contribution in [0.2, 0.25) is 0 Å². The molecule has 4 aromatic rings. The van der Waals surface area contributed by atoms with E-state index < -0.39 is 67.9 Å². The van der Waals surface area contributed by atoms with Gasteiger partial charge in [0, 0.05) is 0 Å². The van der Waals surface area contributed by atoms with Crippen molar-refractivity contribution in [1.82, 2.24) is 39.0 Å². The van der Waals surface area contributed by atoms with Crippen LogP contribution in [0.3, 0.4) is 0 Å². The summed E-state index contributed by atoms with van der Waals surface area (Å²) in [4.78, 5) is 34.7. The van der Waals surface area contributed by atoms with E-state index in [9.17, 15) is 19.6 Å². The number of nitrogen functional groups attached to an aromatic ring is 2. The number of nitrogens with zero attached hydrogens (tertiary/aromatic N) is 7. The highest BCUT2D eigenvalue weighted by molar-refractivity contribution is 8.46. The van der Waals surface area contributed by atoms with Crippen molar-refractivity contribution in [3.8, 4) is 0 Å². The molecule has 7 N–H and O–H groups in total. The molecule has 6 heterocycles. The minimum atomic E-state index is -3.92. The Morgan fingerprint density at radius 3 is 2.62 bits per heavy atom. The molecule has 20 heteroatoms. The van der Waals surface area contributed by atoms with Gasteiger partial charge in [0.05, 0.1) is 37.6 Å². The number of ether oxygens (including phenoxy) is 2. The zero-order valence-corrected chi connectivity index (χ0v) is 22.2. The van der Waals surface area contributed by atoms with E-state index in [4.69, 9.17) is 25.5 Å². The number of nitrogens with two attached hydrogens (primary N) is 2. The van der Waals surface area contributed by atoms with Crippen LogP contribution in [0.1, 0.15) is 18.9 Å². The van der Waals surface area contributed by atoms with Crippen molar-refractivity contribution < 1.29 is 33.2 Å². The zero-order valence-electron chi connectivity index (χ0n) is 20.4. The highest BCUT2D eigenvalue weighted by Gasteiger charge is 2.50. The number of fused-ring (bicyclic) bond motifs is 2. The number of thiol groups is 1. The van der Waals surface area contributed by atoms with Crippen molar-refractivity contribution in [2.24, 2.45) is 0 Å². The molecule has 0 aromatic carbocycles. The van der Waals surface area contributed by atoms with Crippen LogP contribution in [0.5, 0.6) is 0 Å². The fourth-order valence-corrected chi connectivity index (χ4v) is 7.33. The lowest BCUT2D eigenvalue weighted by molar-refractivity contribution is -0.0414. The van der Waals surface area contributed by atoms with Gasteiger partial charge < -0.3 is 35.7 Å². The minimum Gasteiger partial charge on any atom is -0.394 e. The number of imidazole rings is 2. The normalized spacial score (nSPS) is 30.4. The van der Waals surface area contributed by atoms with E-state index in [2.05, 4.69) is 42.2 Å². The largest absolute Gasteiger partial charge is 0.394 e. The molecule has 2 saturated heterocycles. The molecule has 4 aromatic heterocycles. The first-order chi connectivity index (χ1) is 19.1. The maximum atomic E-state index is 15.2. The lowest BCUT2D eigenvalue weighted by atomic mass is 10.1. The summed E-state index contributed by atoms with van der Waals surface area (Å²) in [7, 11) is 0. The van der Waals surface area contributed by atoms with Crippen LogP contribution >= 0.6 is 18.8 Å². The molecule has 0 amide bonds. The highest BCUT2D eigenvalue weighted by Crippen LogP contribution is 2.63. The Morgan fingerprint density at radius 2 is 1.88 bits per heavy atom. The van der Waals surface area contributed by atoms with Gasteiger partial charge in [-0.15, -0.1) is 0 Å². The van der Waals surface area contributed by atoms with Gasteiger partial charge in [0.15, 0.2) is 35.0 Å². The number of nitrogens with one attached hydrogen (secondary N) is 1. The van der Waals surface area contributed by atoms with Gasteiger partial charge in [0.25, 0.3) is 12.1 Å². The second-order valence-corrected chi connectivity index (χ2v) is 13.1. The van der Waals surface area contributed by atoms with Crippen molar-refractivity contribution >= 4 is 52.9 Å². The van der Waals surface area contributed by atoms with Crippen LogP contribution in [-0.2, 0) is 18.6 Å². The summed E-state index contributed by atoms with van der Waals surface area (Å²) >= 11 is 4.30. The topological polar surface area (TPSA) is 244 Å². The zero-order chi connectivity index (χ0) is 28.3. The van der Waals surface area contributed by atoms with Crippen molar-refractivity contribution in [3.63, 3.8) is 0 Å². The number of rotatable bonds is 7. The molecule has 2 aliphatic rings. The lowest BCUT2D eigenvalue weighted by Crippen LogP contribution is -2.31. The summed E-state index contributed by atoms with van der Waals surface area (Å²) < 4.78 is 48.8. The maximum absolute atomic E-state index is 15.2. The average molecular weight is 599 g/mol. The second-order valence-electron chi connectivity index (χ2n) is 9.35. The number of aromatic amines is 1. The monoisotopic (exact) mass is 598 g/mol. The Hall–Kier alpha value is -3.19. The Morgan fingerprint density at radius 1 is 1.15 bits per heavy atom. The SMILES string of the molecule is Nc1nc2c(ncn2C2O[C@H](CO)C[C@H]2P(=O)(S)OC[C@H]2O[C@@H](n3cnc4c(N)ncnc43)[C@H](F)[C@@H]2O)c(=O)[nH]1. The van der Waals surface area contributed by atoms with Crippen LogP contribution in [0.15, 0.2) is 23.8 Å². The van der Waals surface area contributed by atoms with E-state index in [1.54, 1.807) is 0 Å². The first-order valence-electron chi connectivity index (χ1n) is 11.9. The Balaban J connectivity index is 1.22. The van der Waals surface area contributed by atoms with Gasteiger partial charge >= 0.3 is 0 Å². The lowest BCUT2D eigenvalue weighted by Gasteiger charge is -2.26. The molecule has 0 radical (unpaired) electrons. The molecule has 2 aliphatic heterocycles. The number of hydrogen-bond donors (Lipinski definition) is 6. The van der Waals surface area contributed by atoms with Gasteiger partial charge in [0.1, 0.15) is 30.3 Å². The van der Waals surface area contributed by atoms with E-state index in [1.807, 2.05) is 0 Å². The number of hydrogen-bond acceptors (Lipinski definition) is 14. The Bertz CT molecular complexity index is 1680. The summed E-state index contributed by atoms with van der Waals surface area (Å²) in [5.74, 6) is -0.0726. The fraction of sp³-hybridized carbons (Fsp3) is 0.500. The van der Waals surface area contributed by atoms with Gasteiger partial charge in [-0.3, -0.25) is 23.5 Å². The predicted molar refractivity (Wildman–Crippen MR) is 139 cm³/mol. The predicted octanol–water partition coefficient (Wildman–Crippen LogP) is -0.492. The first kappa shape index (κ1) is 27.0. The standard InChI is InChI=1S/C20H24FN10O7PS/c21-10-13(33)8(38-19(10)30-5-26-11-14(22)24-4-25-15(11)30)3-36-39(35,40)9-1-7(2-32)37-18(9)31-6-27-12-16(31)28-20(23)29-17(12)34/h4-10,13,18-19,32-33H,1-3H2,(H,35,40)(H2,22,24,25)(H3,23,28,29,34)/t7-,8+,9+,10+,13+,18?,19+,39?/m0/s1. The quantitative estimate of drug-likeness (QED) is 0.116. The molecule has 0 spiro atoms. The average Bonchev–Trinajstić information content (AvgIpc) is 3.69. The summed E-state index contributed by atoms with van der Waals surface area (Å²) in [6.07, 6.45) is -4.13. The highest BCUT2D eigenvalue weighted by atomic mass is 32.7. The molecular weight excluding hydrogens is 574 g/mol. The smallest absolute Gasteiger partial charge is 0.280 e. The molecule has 2 unspecified atom stereocenters. The van der Waals surface area contributed by atoms with Crippen molar-refractivity contribution in [2.45, 2.75) is 49.0 Å². The number of alkyl halides is 1. The number of aliphatic hydroxyl groups excluding tert-OH is 2. The van der Waals surface area contributed by atoms with E-state index >= 15 is 4.39 Å². The third-order valence-electron chi connectivity index (χ3n) is 6.89. The first-order valence-corrected chi connectivity index (χ1v) is 14.8. The van der Waals surface area contributed by atoms with Crippen molar-refractivity contribution in [3.05, 3.63) is 29.3 Å². The molecule has 214 valence electrons. The van der Waals surface area contributed by atoms with Crippen LogP contribution < -0.4 is 17.0 Å². The fourth-order valence-electron chi connectivity index (χ4n) is 4.92. The molecule has 8 atom stereocenters. The van der Waals surface area contributed by atoms with Crippen LogP contribution in [0.4, 0.5) is 16.2 Å². The van der Waals surface area contributed by atoms with Crippen molar-refractivity contribution in [2.75, 3.05) is 24.7 Å². The van der Waals surface area contributed by atoms with Crippen LogP contribution in [0.25, 0.3) is 22.3 Å². The third kappa shape index (κ3) is 4.43. The Kier molecular flexibility index (Phi) is 6.76. The molecule has 0 aliphatic carbocycles. The molecule has 0 saturated carbocycles. The summed E-state index contributed by atoms with van der Waals surface area (Å²) in [5, 5.41) is 20.3. The van der Waals surface area contributed by atoms with Gasteiger partial charge in [-0.25, -0.2) is 24.3 Å². The molecule has 2 fully saturated rings. The van der Waals surface area contributed by atoms with Gasteiger partial charge in [-0.2, -0.15) is 4.98 Å². The van der Waals surface area contributed by atoms with E-state index in [1.165, 1.54) is 28.1 Å². The maximum Gasteiger partial charge on any atom is 0.280 e. The molecule has 0 bridgehead atoms. The summed E-state index contributed by atoms with van der Waals surface area (Å²) in [6, 6.07) is 0. The van der Waals surface area contributed by atoms with Crippen LogP contribution in [0, 0.1) is 0 Å². The van der Waals surface area contributed by atoms with E-state index in [-0.39, 0.29) is 40.5 Å². The Labute approximate surface area is 228 Å². The third-order valence-corrected chi connectivity index (χ3v) is 9.95. The van der Waals surface area contributed by atoms with Gasteiger partial charge in [0.2, 0.25) is 5.95 Å². The summed E-state index contributed by atoms with van der Waals surface area (Å²) in [6.45, 7) is -4.81. The molecule has 6 rings (SSSR count). The number of halogens is 1. The number of aromatic nitrogens is 8. The minimum absolute atomic E-state index is 0.0273. The molecular formula is C20H24FN10O7PS. The molecule has 40 heavy (non-hydrogen) atoms. The van der Waals surface area contributed by atoms with Gasteiger partial charge in [-0.05, 0) is 6.42 Å². The number of H-pyrrole nitrogens is 1. The van der Waals surface area contributed by atoms with Crippen molar-refractivity contribution in [1.29, 1.82) is 0 Å². The van der Waals surface area contributed by atoms with E-state index in [0.717, 1.165) is 0 Å². The number of aliphatic hydroxyl groups is 2. The van der Waals surface area contributed by atoms with Gasteiger partial charge in [-0.1, -0.05) is 12.2 Å². The molecule has 17 nitrogen and oxygen atoms in total. The van der Waals surface area contributed by atoms with E-state index in [0.29, 0.717) is 0 Å². The second kappa shape index (κ2) is 10.0. The van der Waals surface area contributed by atoms with Crippen LogP contribution in [-0.4, -0.2) is 92.6 Å². The summed E-state index contributed by atoms with van der Waals surface area (Å²) in [5.41, 5.74) is 10.4. The number of anilines is 2.